The highest BCUT2D eigenvalue weighted by atomic mass is 19.1. The standard InChI is InChI=1S/C22H21FN4O/c23-20-10-8-18(9-11-20)19-12-14-26(15-19)22(28)21-16-27(25-24-21)13-4-7-17-5-2-1-3-6-17/h1-11,16,19H,12-15H2/b7-4+/t19-/m0/s1. The van der Waals surface area contributed by atoms with E-state index in [0.717, 1.165) is 17.5 Å². The van der Waals surface area contributed by atoms with Gasteiger partial charge in [-0.1, -0.05) is 59.8 Å². The summed E-state index contributed by atoms with van der Waals surface area (Å²) in [5.74, 6) is -0.121. The van der Waals surface area contributed by atoms with Crippen LogP contribution in [0.2, 0.25) is 0 Å². The molecule has 6 heteroatoms. The molecule has 28 heavy (non-hydrogen) atoms. The molecule has 1 aromatic heterocycles. The summed E-state index contributed by atoms with van der Waals surface area (Å²) >= 11 is 0. The molecule has 142 valence electrons. The summed E-state index contributed by atoms with van der Waals surface area (Å²) in [4.78, 5) is 14.5. The summed E-state index contributed by atoms with van der Waals surface area (Å²) in [6.45, 7) is 1.83. The number of halogens is 1. The molecule has 2 aromatic carbocycles. The molecule has 5 nitrogen and oxygen atoms in total. The predicted octanol–water partition coefficient (Wildman–Crippen LogP) is 3.76. The Hall–Kier alpha value is -3.28. The number of carbonyl (C=O) groups excluding carboxylic acids is 1. The number of nitrogens with zero attached hydrogens (tertiary/aromatic N) is 4. The Morgan fingerprint density at radius 2 is 1.93 bits per heavy atom. The minimum absolute atomic E-state index is 0.108. The van der Waals surface area contributed by atoms with E-state index in [2.05, 4.69) is 10.3 Å². The third-order valence-electron chi connectivity index (χ3n) is 4.98. The second kappa shape index (κ2) is 8.17. The number of likely N-dealkylation sites (tertiary alicyclic amines) is 1. The summed E-state index contributed by atoms with van der Waals surface area (Å²) in [6.07, 6.45) is 6.55. The van der Waals surface area contributed by atoms with Crippen molar-refractivity contribution in [3.8, 4) is 0 Å². The van der Waals surface area contributed by atoms with Crippen molar-refractivity contribution in [3.05, 3.63) is 89.5 Å². The lowest BCUT2D eigenvalue weighted by molar-refractivity contribution is 0.0785. The van der Waals surface area contributed by atoms with Crippen LogP contribution in [-0.2, 0) is 6.54 Å². The van der Waals surface area contributed by atoms with E-state index < -0.39 is 0 Å². The van der Waals surface area contributed by atoms with Crippen molar-refractivity contribution < 1.29 is 9.18 Å². The lowest BCUT2D eigenvalue weighted by Crippen LogP contribution is -2.28. The number of allylic oxidation sites excluding steroid dienone is 1. The molecule has 2 heterocycles. The van der Waals surface area contributed by atoms with Gasteiger partial charge in [-0.05, 0) is 29.7 Å². The Kier molecular flexibility index (Phi) is 5.28. The summed E-state index contributed by atoms with van der Waals surface area (Å²) in [5.41, 5.74) is 2.53. The molecular formula is C22H21FN4O. The van der Waals surface area contributed by atoms with Crippen molar-refractivity contribution in [1.82, 2.24) is 19.9 Å². The fraction of sp³-hybridized carbons (Fsp3) is 0.227. The summed E-state index contributed by atoms with van der Waals surface area (Å²) in [6, 6.07) is 16.5. The number of hydrogen-bond acceptors (Lipinski definition) is 3. The largest absolute Gasteiger partial charge is 0.337 e. The zero-order valence-corrected chi connectivity index (χ0v) is 15.4. The van der Waals surface area contributed by atoms with Gasteiger partial charge in [0.25, 0.3) is 5.91 Å². The molecule has 1 saturated heterocycles. The Morgan fingerprint density at radius 3 is 2.71 bits per heavy atom. The first-order valence-corrected chi connectivity index (χ1v) is 9.35. The molecule has 0 saturated carbocycles. The van der Waals surface area contributed by atoms with Crippen LogP contribution in [0.1, 0.15) is 34.0 Å². The highest BCUT2D eigenvalue weighted by molar-refractivity contribution is 5.92. The van der Waals surface area contributed by atoms with Gasteiger partial charge in [-0.3, -0.25) is 4.79 Å². The molecule has 0 N–H and O–H groups in total. The van der Waals surface area contributed by atoms with Crippen LogP contribution >= 0.6 is 0 Å². The summed E-state index contributed by atoms with van der Waals surface area (Å²) < 4.78 is 14.8. The molecular weight excluding hydrogens is 355 g/mol. The first-order chi connectivity index (χ1) is 13.7. The molecule has 0 bridgehead atoms. The van der Waals surface area contributed by atoms with Gasteiger partial charge >= 0.3 is 0 Å². The van der Waals surface area contributed by atoms with E-state index >= 15 is 0 Å². The van der Waals surface area contributed by atoms with Crippen molar-refractivity contribution in [1.29, 1.82) is 0 Å². The minimum Gasteiger partial charge on any atom is -0.337 e. The maximum absolute atomic E-state index is 13.1. The number of hydrogen-bond donors (Lipinski definition) is 0. The second-order valence-corrected chi connectivity index (χ2v) is 6.93. The minimum atomic E-state index is -0.243. The van der Waals surface area contributed by atoms with Crippen LogP contribution in [0, 0.1) is 5.82 Å². The van der Waals surface area contributed by atoms with Gasteiger partial charge in [0.05, 0.1) is 12.7 Å². The maximum Gasteiger partial charge on any atom is 0.276 e. The molecule has 3 aromatic rings. The van der Waals surface area contributed by atoms with Gasteiger partial charge in [-0.2, -0.15) is 0 Å². The number of aromatic nitrogens is 3. The molecule has 0 unspecified atom stereocenters. The molecule has 4 rings (SSSR count). The third-order valence-corrected chi connectivity index (χ3v) is 4.98. The molecule has 0 radical (unpaired) electrons. The van der Waals surface area contributed by atoms with E-state index in [1.165, 1.54) is 12.1 Å². The molecule has 1 fully saturated rings. The Bertz CT molecular complexity index is 966. The molecule has 1 aliphatic heterocycles. The van der Waals surface area contributed by atoms with Crippen molar-refractivity contribution >= 4 is 12.0 Å². The first kappa shape index (κ1) is 18.1. The average molecular weight is 376 g/mol. The lowest BCUT2D eigenvalue weighted by atomic mass is 9.99. The van der Waals surface area contributed by atoms with Crippen LogP contribution in [-0.4, -0.2) is 38.9 Å². The number of rotatable bonds is 5. The fourth-order valence-electron chi connectivity index (χ4n) is 3.46. The lowest BCUT2D eigenvalue weighted by Gasteiger charge is -2.15. The highest BCUT2D eigenvalue weighted by Crippen LogP contribution is 2.28. The van der Waals surface area contributed by atoms with Crippen LogP contribution in [0.15, 0.2) is 66.9 Å². The number of amides is 1. The van der Waals surface area contributed by atoms with Gasteiger partial charge in [0, 0.05) is 19.0 Å². The first-order valence-electron chi connectivity index (χ1n) is 9.35. The summed E-state index contributed by atoms with van der Waals surface area (Å²) in [7, 11) is 0. The van der Waals surface area contributed by atoms with Crippen molar-refractivity contribution in [2.45, 2.75) is 18.9 Å². The number of carbonyl (C=O) groups is 1. The van der Waals surface area contributed by atoms with Crippen molar-refractivity contribution in [3.63, 3.8) is 0 Å². The van der Waals surface area contributed by atoms with Gasteiger partial charge in [0.1, 0.15) is 5.82 Å². The normalized spacial score (nSPS) is 16.8. The molecule has 1 atom stereocenters. The van der Waals surface area contributed by atoms with Gasteiger partial charge in [0.15, 0.2) is 5.69 Å². The fourth-order valence-corrected chi connectivity index (χ4v) is 3.46. The summed E-state index contributed by atoms with van der Waals surface area (Å²) in [5, 5.41) is 8.09. The average Bonchev–Trinajstić information content (AvgIpc) is 3.39. The Labute approximate surface area is 163 Å². The zero-order valence-electron chi connectivity index (χ0n) is 15.4. The van der Waals surface area contributed by atoms with E-state index in [1.807, 2.05) is 42.5 Å². The monoisotopic (exact) mass is 376 g/mol. The topological polar surface area (TPSA) is 51.0 Å². The molecule has 1 aliphatic rings. The van der Waals surface area contributed by atoms with Crippen LogP contribution < -0.4 is 0 Å². The van der Waals surface area contributed by atoms with Crippen LogP contribution in [0.4, 0.5) is 4.39 Å². The van der Waals surface area contributed by atoms with E-state index in [0.29, 0.717) is 25.3 Å². The maximum atomic E-state index is 13.1. The van der Waals surface area contributed by atoms with Crippen molar-refractivity contribution in [2.24, 2.45) is 0 Å². The third kappa shape index (κ3) is 4.17. The van der Waals surface area contributed by atoms with Crippen molar-refractivity contribution in [2.75, 3.05) is 13.1 Å². The molecule has 0 aliphatic carbocycles. The molecule has 0 spiro atoms. The van der Waals surface area contributed by atoms with E-state index in [-0.39, 0.29) is 17.6 Å². The SMILES string of the molecule is O=C(c1cn(C/C=C/c2ccccc2)nn1)N1CC[C@H](c2ccc(F)cc2)C1. The Balaban J connectivity index is 1.35. The van der Waals surface area contributed by atoms with Crippen LogP contribution in [0.25, 0.3) is 6.08 Å². The van der Waals surface area contributed by atoms with Gasteiger partial charge in [0.2, 0.25) is 0 Å². The molecule has 1 amide bonds. The quantitative estimate of drug-likeness (QED) is 0.681. The highest BCUT2D eigenvalue weighted by Gasteiger charge is 2.29. The Morgan fingerprint density at radius 1 is 1.14 bits per heavy atom. The van der Waals surface area contributed by atoms with Crippen LogP contribution in [0.5, 0.6) is 0 Å². The van der Waals surface area contributed by atoms with Gasteiger partial charge in [-0.15, -0.1) is 5.10 Å². The number of benzene rings is 2. The van der Waals surface area contributed by atoms with Gasteiger partial charge in [-0.25, -0.2) is 9.07 Å². The van der Waals surface area contributed by atoms with Crippen LogP contribution in [0.3, 0.4) is 0 Å². The van der Waals surface area contributed by atoms with E-state index in [4.69, 9.17) is 0 Å². The predicted molar refractivity (Wildman–Crippen MR) is 105 cm³/mol. The van der Waals surface area contributed by atoms with Gasteiger partial charge < -0.3 is 4.90 Å². The van der Waals surface area contributed by atoms with E-state index in [1.54, 1.807) is 27.9 Å². The zero-order chi connectivity index (χ0) is 19.3. The second-order valence-electron chi connectivity index (χ2n) is 6.93. The van der Waals surface area contributed by atoms with E-state index in [9.17, 15) is 9.18 Å². The smallest absolute Gasteiger partial charge is 0.276 e.